The number of benzene rings is 3. The molecule has 0 amide bonds. The fraction of sp³-hybridized carbons (Fsp3) is 0.286. The molecule has 0 saturated carbocycles. The predicted octanol–water partition coefficient (Wildman–Crippen LogP) is -0.286. The molecule has 3 aromatic carbocycles. The van der Waals surface area contributed by atoms with Crippen molar-refractivity contribution in [3.05, 3.63) is 103 Å². The fourth-order valence-electron chi connectivity index (χ4n) is 4.01. The van der Waals surface area contributed by atoms with Crippen molar-refractivity contribution >= 4 is 0 Å². The van der Waals surface area contributed by atoms with E-state index in [4.69, 9.17) is 19.1 Å². The van der Waals surface area contributed by atoms with Crippen LogP contribution in [0, 0.1) is 20.8 Å². The van der Waals surface area contributed by atoms with E-state index in [9.17, 15) is 14.7 Å². The van der Waals surface area contributed by atoms with Gasteiger partial charge >= 0.3 is 35.3 Å². The molecule has 1 aromatic heterocycles. The molecule has 0 saturated heterocycles. The van der Waals surface area contributed by atoms with Gasteiger partial charge in [-0.3, -0.25) is 9.53 Å². The first-order chi connectivity index (χ1) is 17.7. The summed E-state index contributed by atoms with van der Waals surface area (Å²) in [4.78, 5) is 25.8. The van der Waals surface area contributed by atoms with Crippen molar-refractivity contribution < 1.29 is 53.8 Å². The van der Waals surface area contributed by atoms with E-state index in [2.05, 4.69) is 24.0 Å². The van der Waals surface area contributed by atoms with Crippen molar-refractivity contribution in [2.45, 2.75) is 40.0 Å². The number of aliphatic hydroxyl groups excluding tert-OH is 2. The molecule has 0 aliphatic heterocycles. The van der Waals surface area contributed by atoms with Crippen LogP contribution in [0.4, 0.5) is 0 Å². The van der Waals surface area contributed by atoms with Gasteiger partial charge < -0.3 is 29.2 Å². The summed E-state index contributed by atoms with van der Waals surface area (Å²) in [5, 5.41) is 18.6. The summed E-state index contributed by atoms with van der Waals surface area (Å²) in [7, 11) is 0. The third-order valence-corrected chi connectivity index (χ3v) is 6.13. The number of nitrogens with zero attached hydrogens (tertiary/aromatic N) is 2. The number of hydrogen-bond donors (Lipinski definition) is 2. The minimum Gasteiger partial charge on any atom is -0.491 e. The van der Waals surface area contributed by atoms with Crippen LogP contribution in [0.3, 0.4) is 0 Å². The molecule has 9 nitrogen and oxygen atoms in total. The maximum Gasteiger partial charge on any atom is 1.00 e. The summed E-state index contributed by atoms with van der Waals surface area (Å²) in [5.74, 6) is 0.438. The van der Waals surface area contributed by atoms with Crippen LogP contribution in [0.1, 0.15) is 27.8 Å². The smallest absolute Gasteiger partial charge is 0.491 e. The summed E-state index contributed by atoms with van der Waals surface area (Å²) in [6.45, 7) is 6.20. The Hall–Kier alpha value is -3.08. The van der Waals surface area contributed by atoms with Gasteiger partial charge in [0.05, 0.1) is 6.61 Å². The van der Waals surface area contributed by atoms with Crippen LogP contribution in [0.5, 0.6) is 11.5 Å². The van der Waals surface area contributed by atoms with Crippen molar-refractivity contribution in [3.8, 4) is 22.6 Å². The first-order valence-electron chi connectivity index (χ1n) is 11.8. The topological polar surface area (TPSA) is 125 Å². The molecule has 10 heteroatoms. The number of aliphatic hydroxyl groups is 2. The Morgan fingerprint density at radius 3 is 2.37 bits per heavy atom. The van der Waals surface area contributed by atoms with Crippen molar-refractivity contribution in [2.75, 3.05) is 13.2 Å². The summed E-state index contributed by atoms with van der Waals surface area (Å²) in [6.07, 6.45) is -0.917. The van der Waals surface area contributed by atoms with E-state index in [1.807, 2.05) is 32.0 Å². The van der Waals surface area contributed by atoms with Gasteiger partial charge in [-0.05, 0) is 84.0 Å². The van der Waals surface area contributed by atoms with Gasteiger partial charge in [-0.25, -0.2) is 4.79 Å². The van der Waals surface area contributed by atoms with Crippen molar-refractivity contribution in [2.24, 2.45) is 0 Å². The van der Waals surface area contributed by atoms with Gasteiger partial charge in [0.2, 0.25) is 0 Å². The van der Waals surface area contributed by atoms with Crippen LogP contribution >= 0.6 is 0 Å². The van der Waals surface area contributed by atoms with E-state index in [0.29, 0.717) is 18.1 Å². The van der Waals surface area contributed by atoms with Crippen LogP contribution in [-0.2, 0) is 13.2 Å². The quantitative estimate of drug-likeness (QED) is 0.269. The average Bonchev–Trinajstić information content (AvgIpc) is 3.20. The van der Waals surface area contributed by atoms with E-state index < -0.39 is 17.5 Å². The predicted molar refractivity (Wildman–Crippen MR) is 137 cm³/mol. The standard InChI is InChI=1S/C28H30N2O7.Na/c1-17-12-26(36-16-22(32)14-31)18(2)11-25(17)24-6-4-5-21(19(24)3)15-35-23-9-7-20(8-10-23)13-30-27(33)29-28(34)37-30;/h4-12,22,31-32H,13-16H2,1-3H3,(H,29,33,34);/q;+1/p-1/t22-;/m0./s1. The third-order valence-electron chi connectivity index (χ3n) is 6.13. The Balaban J connectivity index is 0.00000400. The van der Waals surface area contributed by atoms with E-state index >= 15 is 0 Å². The van der Waals surface area contributed by atoms with Crippen molar-refractivity contribution in [1.29, 1.82) is 0 Å². The van der Waals surface area contributed by atoms with E-state index in [1.54, 1.807) is 24.3 Å². The molecule has 4 aromatic rings. The first-order valence-corrected chi connectivity index (χ1v) is 11.8. The molecule has 0 spiro atoms. The van der Waals surface area contributed by atoms with Gasteiger partial charge in [-0.2, -0.15) is 0 Å². The molecule has 0 aliphatic carbocycles. The summed E-state index contributed by atoms with van der Waals surface area (Å²) >= 11 is 0. The van der Waals surface area contributed by atoms with Gasteiger partial charge in [-0.1, -0.05) is 30.3 Å². The molecule has 0 fully saturated rings. The van der Waals surface area contributed by atoms with Gasteiger partial charge in [0.25, 0.3) is 0 Å². The zero-order valence-electron chi connectivity index (χ0n) is 21.9. The second-order valence-corrected chi connectivity index (χ2v) is 8.89. The maximum atomic E-state index is 11.6. The van der Waals surface area contributed by atoms with E-state index in [0.717, 1.165) is 43.7 Å². The largest absolute Gasteiger partial charge is 1.00 e. The Morgan fingerprint density at radius 1 is 0.974 bits per heavy atom. The second-order valence-electron chi connectivity index (χ2n) is 8.89. The van der Waals surface area contributed by atoms with Crippen LogP contribution in [-0.4, -0.2) is 34.3 Å². The third kappa shape index (κ3) is 7.06. The molecule has 0 radical (unpaired) electrons. The molecule has 1 atom stereocenters. The summed E-state index contributed by atoms with van der Waals surface area (Å²) in [6, 6.07) is 17.3. The molecule has 38 heavy (non-hydrogen) atoms. The maximum absolute atomic E-state index is 11.6. The van der Waals surface area contributed by atoms with Gasteiger partial charge in [0.15, 0.2) is 5.69 Å². The number of aromatic nitrogens is 2. The SMILES string of the molecule is Cc1cc(-c2cccc(COc3ccc(Cn4oc(=O)[n-]c4=O)cc3)c2C)c(C)cc1OC[C@@H](O)CO.[Na+]. The molecular weight excluding hydrogens is 499 g/mol. The van der Waals surface area contributed by atoms with E-state index in [1.165, 1.54) is 0 Å². The number of aryl methyl sites for hydroxylation is 2. The minimum atomic E-state index is -0.917. The monoisotopic (exact) mass is 528 g/mol. The molecule has 1 heterocycles. The molecular formula is C28H29N2NaO7. The van der Waals surface area contributed by atoms with E-state index in [-0.39, 0.29) is 49.3 Å². The number of rotatable bonds is 10. The average molecular weight is 529 g/mol. The Labute approximate surface area is 241 Å². The van der Waals surface area contributed by atoms with Crippen molar-refractivity contribution in [1.82, 2.24) is 9.72 Å². The van der Waals surface area contributed by atoms with Gasteiger partial charge in [-0.15, -0.1) is 0 Å². The van der Waals surface area contributed by atoms with Gasteiger partial charge in [0.1, 0.15) is 30.8 Å². The molecule has 194 valence electrons. The van der Waals surface area contributed by atoms with Crippen molar-refractivity contribution in [3.63, 3.8) is 0 Å². The van der Waals surface area contributed by atoms with Crippen LogP contribution in [0.15, 0.2) is 68.7 Å². The number of ether oxygens (including phenoxy) is 2. The van der Waals surface area contributed by atoms with Crippen LogP contribution in [0.25, 0.3) is 11.1 Å². The fourth-order valence-corrected chi connectivity index (χ4v) is 4.01. The molecule has 2 N–H and O–H groups in total. The number of hydrogen-bond acceptors (Lipinski definition) is 7. The normalized spacial score (nSPS) is 11.6. The Morgan fingerprint density at radius 2 is 1.71 bits per heavy atom. The summed E-state index contributed by atoms with van der Waals surface area (Å²) in [5.41, 5.74) is 6.35. The second kappa shape index (κ2) is 13.1. The molecule has 0 bridgehead atoms. The molecule has 0 aliphatic rings. The van der Waals surface area contributed by atoms with Crippen LogP contribution in [0.2, 0.25) is 0 Å². The zero-order chi connectivity index (χ0) is 26.5. The first kappa shape index (κ1) is 29.5. The van der Waals surface area contributed by atoms with Gasteiger partial charge in [0, 0.05) is 6.54 Å². The minimum absolute atomic E-state index is 0. The molecule has 4 rings (SSSR count). The summed E-state index contributed by atoms with van der Waals surface area (Å²) < 4.78 is 17.4. The Kier molecular flexibility index (Phi) is 10.2. The van der Waals surface area contributed by atoms with Crippen LogP contribution < -0.4 is 55.5 Å². The molecule has 0 unspecified atom stereocenters. The Bertz CT molecular complexity index is 1490. The zero-order valence-corrected chi connectivity index (χ0v) is 23.9.